The monoisotopic (exact) mass is 448 g/mol. The van der Waals surface area contributed by atoms with Crippen LogP contribution in [0.5, 0.6) is 5.75 Å². The van der Waals surface area contributed by atoms with E-state index in [1.165, 1.54) is 0 Å². The van der Waals surface area contributed by atoms with Crippen molar-refractivity contribution in [2.75, 3.05) is 20.2 Å². The molecule has 2 rings (SSSR count). The molecule has 2 amide bonds. The summed E-state index contributed by atoms with van der Waals surface area (Å²) in [6, 6.07) is 14.7. The molecule has 0 radical (unpaired) electrons. The first-order valence-electron chi connectivity index (χ1n) is 9.05. The van der Waals surface area contributed by atoms with Gasteiger partial charge in [0.15, 0.2) is 0 Å². The molecule has 6 nitrogen and oxygen atoms in total. The van der Waals surface area contributed by atoms with Gasteiger partial charge in [0.2, 0.25) is 5.91 Å². The molecule has 0 spiro atoms. The van der Waals surface area contributed by atoms with Crippen molar-refractivity contribution in [3.8, 4) is 5.75 Å². The van der Waals surface area contributed by atoms with E-state index in [2.05, 4.69) is 26.6 Å². The third kappa shape index (κ3) is 7.32. The van der Waals surface area contributed by atoms with Gasteiger partial charge in [0.05, 0.1) is 13.7 Å². The highest BCUT2D eigenvalue weighted by Gasteiger charge is 2.13. The lowest BCUT2D eigenvalue weighted by Gasteiger charge is -2.14. The standard InChI is InChI=1S/C21H25BrN2O4/c1-15(28-14-16-6-3-9-19(12-16)27-2)20(25)23-10-5-11-24-21(26)17-7-4-8-18(22)13-17/h3-4,6-9,12-13,15H,5,10-11,14H2,1-2H3,(H,23,25)(H,24,26). The van der Waals surface area contributed by atoms with Gasteiger partial charge in [-0.15, -0.1) is 0 Å². The van der Waals surface area contributed by atoms with Gasteiger partial charge in [-0.05, 0) is 49.2 Å². The second kappa shape index (κ2) is 11.5. The Balaban J connectivity index is 1.62. The number of benzene rings is 2. The van der Waals surface area contributed by atoms with E-state index in [-0.39, 0.29) is 11.8 Å². The summed E-state index contributed by atoms with van der Waals surface area (Å²) in [5, 5.41) is 5.65. The lowest BCUT2D eigenvalue weighted by molar-refractivity contribution is -0.132. The van der Waals surface area contributed by atoms with Crippen LogP contribution >= 0.6 is 15.9 Å². The Hall–Kier alpha value is -2.38. The smallest absolute Gasteiger partial charge is 0.251 e. The summed E-state index contributed by atoms with van der Waals surface area (Å²) in [5.74, 6) is 0.437. The summed E-state index contributed by atoms with van der Waals surface area (Å²) in [4.78, 5) is 24.1. The lowest BCUT2D eigenvalue weighted by Crippen LogP contribution is -2.36. The Morgan fingerprint density at radius 3 is 2.57 bits per heavy atom. The number of hydrogen-bond acceptors (Lipinski definition) is 4. The van der Waals surface area contributed by atoms with E-state index in [4.69, 9.17) is 9.47 Å². The summed E-state index contributed by atoms with van der Waals surface area (Å²) in [7, 11) is 1.61. The predicted molar refractivity (Wildman–Crippen MR) is 111 cm³/mol. The third-order valence-electron chi connectivity index (χ3n) is 4.03. The SMILES string of the molecule is COc1cccc(COC(C)C(=O)NCCCNC(=O)c2cccc(Br)c2)c1. The molecule has 150 valence electrons. The number of ether oxygens (including phenoxy) is 2. The molecule has 0 saturated carbocycles. The summed E-state index contributed by atoms with van der Waals surface area (Å²) in [6.07, 6.45) is 0.0659. The zero-order valence-corrected chi connectivity index (χ0v) is 17.6. The van der Waals surface area contributed by atoms with E-state index in [1.807, 2.05) is 36.4 Å². The topological polar surface area (TPSA) is 76.7 Å². The highest BCUT2D eigenvalue weighted by atomic mass is 79.9. The molecule has 0 heterocycles. The molecular weight excluding hydrogens is 424 g/mol. The minimum atomic E-state index is -0.567. The van der Waals surface area contributed by atoms with Crippen LogP contribution in [0.2, 0.25) is 0 Å². The van der Waals surface area contributed by atoms with Gasteiger partial charge < -0.3 is 20.1 Å². The highest BCUT2D eigenvalue weighted by Crippen LogP contribution is 2.14. The van der Waals surface area contributed by atoms with E-state index >= 15 is 0 Å². The van der Waals surface area contributed by atoms with Crippen LogP contribution in [-0.4, -0.2) is 38.1 Å². The first kappa shape index (κ1) is 21.9. The van der Waals surface area contributed by atoms with Gasteiger partial charge in [-0.1, -0.05) is 34.1 Å². The van der Waals surface area contributed by atoms with Crippen molar-refractivity contribution in [3.63, 3.8) is 0 Å². The van der Waals surface area contributed by atoms with Crippen LogP contribution < -0.4 is 15.4 Å². The molecule has 0 bridgehead atoms. The number of nitrogens with one attached hydrogen (secondary N) is 2. The van der Waals surface area contributed by atoms with Crippen LogP contribution in [0, 0.1) is 0 Å². The fourth-order valence-corrected chi connectivity index (χ4v) is 2.84. The summed E-state index contributed by atoms with van der Waals surface area (Å²) >= 11 is 3.34. The van der Waals surface area contributed by atoms with Crippen molar-refractivity contribution in [1.29, 1.82) is 0 Å². The molecule has 7 heteroatoms. The van der Waals surface area contributed by atoms with E-state index in [0.29, 0.717) is 31.7 Å². The number of hydrogen-bond donors (Lipinski definition) is 2. The van der Waals surface area contributed by atoms with Crippen molar-refractivity contribution in [3.05, 3.63) is 64.1 Å². The fourth-order valence-electron chi connectivity index (χ4n) is 2.44. The van der Waals surface area contributed by atoms with Gasteiger partial charge in [-0.25, -0.2) is 0 Å². The molecule has 28 heavy (non-hydrogen) atoms. The zero-order valence-electron chi connectivity index (χ0n) is 16.0. The average molecular weight is 449 g/mol. The van der Waals surface area contributed by atoms with E-state index in [0.717, 1.165) is 15.8 Å². The number of carbonyl (C=O) groups excluding carboxylic acids is 2. The molecule has 0 fully saturated rings. The third-order valence-corrected chi connectivity index (χ3v) is 4.52. The Morgan fingerprint density at radius 2 is 1.82 bits per heavy atom. The quantitative estimate of drug-likeness (QED) is 0.546. The Kier molecular flexibility index (Phi) is 8.97. The van der Waals surface area contributed by atoms with E-state index < -0.39 is 6.10 Å². The molecule has 0 aliphatic carbocycles. The summed E-state index contributed by atoms with van der Waals surface area (Å²) < 4.78 is 11.6. The van der Waals surface area contributed by atoms with Gasteiger partial charge in [-0.3, -0.25) is 9.59 Å². The van der Waals surface area contributed by atoms with Crippen molar-refractivity contribution < 1.29 is 19.1 Å². The number of methoxy groups -OCH3 is 1. The predicted octanol–water partition coefficient (Wildman–Crippen LogP) is 3.30. The fraction of sp³-hybridized carbons (Fsp3) is 0.333. The molecule has 2 aromatic rings. The van der Waals surface area contributed by atoms with Crippen LogP contribution in [0.25, 0.3) is 0 Å². The molecule has 0 aromatic heterocycles. The maximum atomic E-state index is 12.1. The first-order chi connectivity index (χ1) is 13.5. The molecule has 2 N–H and O–H groups in total. The van der Waals surface area contributed by atoms with Gasteiger partial charge in [-0.2, -0.15) is 0 Å². The minimum absolute atomic E-state index is 0.136. The molecule has 0 aliphatic heterocycles. The number of halogens is 1. The van der Waals surface area contributed by atoms with Crippen LogP contribution in [0.3, 0.4) is 0 Å². The number of amides is 2. The molecule has 1 unspecified atom stereocenters. The number of carbonyl (C=O) groups is 2. The van der Waals surface area contributed by atoms with Crippen molar-refractivity contribution in [2.45, 2.75) is 26.1 Å². The van der Waals surface area contributed by atoms with Gasteiger partial charge in [0.1, 0.15) is 11.9 Å². The molecule has 0 saturated heterocycles. The minimum Gasteiger partial charge on any atom is -0.497 e. The van der Waals surface area contributed by atoms with Gasteiger partial charge in [0, 0.05) is 23.1 Å². The van der Waals surface area contributed by atoms with Crippen LogP contribution in [0.1, 0.15) is 29.3 Å². The van der Waals surface area contributed by atoms with Crippen molar-refractivity contribution in [1.82, 2.24) is 10.6 Å². The Labute approximate surface area is 173 Å². The first-order valence-corrected chi connectivity index (χ1v) is 9.85. The largest absolute Gasteiger partial charge is 0.497 e. The molecule has 0 aliphatic rings. The summed E-state index contributed by atoms with van der Waals surface area (Å²) in [5.41, 5.74) is 1.53. The van der Waals surface area contributed by atoms with E-state index in [1.54, 1.807) is 26.2 Å². The van der Waals surface area contributed by atoms with Gasteiger partial charge >= 0.3 is 0 Å². The Bertz CT molecular complexity index is 797. The second-order valence-corrected chi connectivity index (χ2v) is 7.13. The van der Waals surface area contributed by atoms with Crippen LogP contribution in [0.15, 0.2) is 53.0 Å². The molecule has 1 atom stereocenters. The zero-order chi connectivity index (χ0) is 20.4. The van der Waals surface area contributed by atoms with Crippen molar-refractivity contribution >= 4 is 27.7 Å². The highest BCUT2D eigenvalue weighted by molar-refractivity contribution is 9.10. The number of rotatable bonds is 10. The van der Waals surface area contributed by atoms with Gasteiger partial charge in [0.25, 0.3) is 5.91 Å². The average Bonchev–Trinajstić information content (AvgIpc) is 2.71. The molecular formula is C21H25BrN2O4. The van der Waals surface area contributed by atoms with Crippen LogP contribution in [0.4, 0.5) is 0 Å². The van der Waals surface area contributed by atoms with Crippen LogP contribution in [-0.2, 0) is 16.1 Å². The second-order valence-electron chi connectivity index (χ2n) is 6.22. The maximum Gasteiger partial charge on any atom is 0.251 e. The van der Waals surface area contributed by atoms with E-state index in [9.17, 15) is 9.59 Å². The molecule has 2 aromatic carbocycles. The summed E-state index contributed by atoms with van der Waals surface area (Å²) in [6.45, 7) is 2.98. The normalized spacial score (nSPS) is 11.5. The maximum absolute atomic E-state index is 12.1. The Morgan fingerprint density at radius 1 is 1.07 bits per heavy atom. The lowest BCUT2D eigenvalue weighted by atomic mass is 10.2. The van der Waals surface area contributed by atoms with Crippen molar-refractivity contribution in [2.24, 2.45) is 0 Å².